The Kier molecular flexibility index (Phi) is 7.95. The van der Waals surface area contributed by atoms with Gasteiger partial charge in [0.15, 0.2) is 0 Å². The molecular formula is C14H21P. The van der Waals surface area contributed by atoms with E-state index < -0.39 is 0 Å². The Balaban J connectivity index is 0.000000921. The Bertz CT molecular complexity index is 292. The highest BCUT2D eigenvalue weighted by atomic mass is 31.0. The van der Waals surface area contributed by atoms with Crippen molar-refractivity contribution in [2.24, 2.45) is 0 Å². The van der Waals surface area contributed by atoms with Gasteiger partial charge in [-0.05, 0) is 23.2 Å². The number of allylic oxidation sites excluding steroid dienone is 8. The summed E-state index contributed by atoms with van der Waals surface area (Å²) in [6.45, 7) is 11.6. The second-order valence-corrected chi connectivity index (χ2v) is 3.89. The molecule has 0 aromatic heterocycles. The minimum atomic E-state index is 0.583. The van der Waals surface area contributed by atoms with Crippen LogP contribution < -0.4 is 0 Å². The summed E-state index contributed by atoms with van der Waals surface area (Å²) in [4.78, 5) is 0. The first-order valence-corrected chi connectivity index (χ1v) is 6.03. The van der Waals surface area contributed by atoms with E-state index in [4.69, 9.17) is 0 Å². The predicted molar refractivity (Wildman–Crippen MR) is 75.2 cm³/mol. The van der Waals surface area contributed by atoms with Crippen molar-refractivity contribution in [2.45, 2.75) is 25.9 Å². The highest BCUT2D eigenvalue weighted by Gasteiger charge is 2.03. The molecule has 0 heterocycles. The minimum Gasteiger partial charge on any atom is -0.130 e. The van der Waals surface area contributed by atoms with Gasteiger partial charge in [-0.3, -0.25) is 0 Å². The van der Waals surface area contributed by atoms with Crippen molar-refractivity contribution in [3.63, 3.8) is 0 Å². The van der Waals surface area contributed by atoms with Gasteiger partial charge in [-0.25, -0.2) is 0 Å². The van der Waals surface area contributed by atoms with Gasteiger partial charge in [-0.15, -0.1) is 9.24 Å². The average Bonchev–Trinajstić information content (AvgIpc) is 2.29. The third-order valence-electron chi connectivity index (χ3n) is 1.94. The van der Waals surface area contributed by atoms with E-state index in [1.807, 2.05) is 26.0 Å². The monoisotopic (exact) mass is 220 g/mol. The predicted octanol–water partition coefficient (Wildman–Crippen LogP) is 4.44. The van der Waals surface area contributed by atoms with Crippen LogP contribution in [0.1, 0.15) is 20.3 Å². The Morgan fingerprint density at radius 1 is 1.53 bits per heavy atom. The summed E-state index contributed by atoms with van der Waals surface area (Å²) < 4.78 is 0. The largest absolute Gasteiger partial charge is 0.130 e. The van der Waals surface area contributed by atoms with E-state index in [0.29, 0.717) is 5.66 Å². The fourth-order valence-corrected chi connectivity index (χ4v) is 1.40. The molecule has 0 nitrogen and oxygen atoms in total. The number of hydrogen-bond acceptors (Lipinski definition) is 0. The van der Waals surface area contributed by atoms with Crippen LogP contribution >= 0.6 is 9.24 Å². The summed E-state index contributed by atoms with van der Waals surface area (Å²) in [5.41, 5.74) is 2.85. The standard InChI is InChI=1S/C12H15P.C2H6/c1-3-4-5-10(2)11-6-8-12(13)9-7-11;1-2/h3-8,12H,1-2,9,13H2;1-2H3/b5-4-;. The molecule has 2 atom stereocenters. The zero-order valence-electron chi connectivity index (χ0n) is 9.74. The van der Waals surface area contributed by atoms with Crippen LogP contribution in [-0.2, 0) is 0 Å². The van der Waals surface area contributed by atoms with E-state index in [9.17, 15) is 0 Å². The van der Waals surface area contributed by atoms with Gasteiger partial charge in [0.1, 0.15) is 0 Å². The van der Waals surface area contributed by atoms with Crippen LogP contribution in [0.15, 0.2) is 60.8 Å². The number of hydrogen-bond donors (Lipinski definition) is 0. The molecule has 1 aliphatic carbocycles. The van der Waals surface area contributed by atoms with Crippen LogP contribution in [0.3, 0.4) is 0 Å². The molecule has 1 rings (SSSR count). The molecule has 0 aromatic rings. The lowest BCUT2D eigenvalue weighted by Crippen LogP contribution is -1.97. The zero-order valence-corrected chi connectivity index (χ0v) is 10.9. The fraction of sp³-hybridized carbons (Fsp3) is 0.286. The molecule has 82 valence electrons. The third kappa shape index (κ3) is 5.54. The van der Waals surface area contributed by atoms with Gasteiger partial charge in [0, 0.05) is 0 Å². The van der Waals surface area contributed by atoms with Crippen molar-refractivity contribution in [3.8, 4) is 0 Å². The number of rotatable bonds is 3. The van der Waals surface area contributed by atoms with Crippen LogP contribution in [-0.4, -0.2) is 5.66 Å². The van der Waals surface area contributed by atoms with E-state index in [-0.39, 0.29) is 0 Å². The van der Waals surface area contributed by atoms with Crippen molar-refractivity contribution in [1.82, 2.24) is 0 Å². The van der Waals surface area contributed by atoms with Gasteiger partial charge in [-0.1, -0.05) is 63.5 Å². The van der Waals surface area contributed by atoms with Crippen LogP contribution in [0.2, 0.25) is 0 Å². The van der Waals surface area contributed by atoms with Crippen LogP contribution in [0.5, 0.6) is 0 Å². The molecule has 0 amide bonds. The Morgan fingerprint density at radius 3 is 2.67 bits per heavy atom. The molecule has 0 bridgehead atoms. The molecule has 15 heavy (non-hydrogen) atoms. The first-order valence-electron chi connectivity index (χ1n) is 5.36. The molecule has 0 aromatic carbocycles. The topological polar surface area (TPSA) is 0 Å². The summed E-state index contributed by atoms with van der Waals surface area (Å²) in [6, 6.07) is 0. The molecule has 0 fully saturated rings. The zero-order chi connectivity index (χ0) is 11.7. The first-order chi connectivity index (χ1) is 7.24. The summed E-state index contributed by atoms with van der Waals surface area (Å²) >= 11 is 0. The van der Waals surface area contributed by atoms with Crippen molar-refractivity contribution >= 4 is 9.24 Å². The average molecular weight is 220 g/mol. The van der Waals surface area contributed by atoms with Gasteiger partial charge >= 0.3 is 0 Å². The molecule has 1 aliphatic rings. The van der Waals surface area contributed by atoms with Gasteiger partial charge in [0.2, 0.25) is 0 Å². The smallest absolute Gasteiger partial charge is 0.00477 e. The molecule has 0 saturated carbocycles. The van der Waals surface area contributed by atoms with Gasteiger partial charge in [0.25, 0.3) is 0 Å². The van der Waals surface area contributed by atoms with E-state index in [1.165, 1.54) is 5.57 Å². The maximum absolute atomic E-state index is 3.98. The second-order valence-electron chi connectivity index (χ2n) is 3.04. The van der Waals surface area contributed by atoms with E-state index in [1.54, 1.807) is 6.08 Å². The molecule has 0 radical (unpaired) electrons. The Morgan fingerprint density at radius 2 is 2.20 bits per heavy atom. The normalized spacial score (nSPS) is 19.1. The van der Waals surface area contributed by atoms with Crippen LogP contribution in [0.4, 0.5) is 0 Å². The molecule has 1 heteroatoms. The lowest BCUT2D eigenvalue weighted by Gasteiger charge is -2.11. The van der Waals surface area contributed by atoms with E-state index in [0.717, 1.165) is 12.0 Å². The summed E-state index contributed by atoms with van der Waals surface area (Å²) in [5, 5.41) is 0. The molecule has 2 unspecified atom stereocenters. The highest BCUT2D eigenvalue weighted by molar-refractivity contribution is 7.17. The van der Waals surface area contributed by atoms with E-state index in [2.05, 4.69) is 40.6 Å². The summed E-state index contributed by atoms with van der Waals surface area (Å²) in [5.74, 6) is 0. The SMILES string of the molecule is C=C/C=C\C(=C)C1=CCC(P)C=C1.CC. The fourth-order valence-electron chi connectivity index (χ4n) is 1.16. The van der Waals surface area contributed by atoms with Gasteiger partial charge in [0.05, 0.1) is 0 Å². The van der Waals surface area contributed by atoms with E-state index >= 15 is 0 Å². The molecular weight excluding hydrogens is 199 g/mol. The second kappa shape index (κ2) is 8.44. The molecule has 0 N–H and O–H groups in total. The van der Waals surface area contributed by atoms with Crippen LogP contribution in [0, 0.1) is 0 Å². The highest BCUT2D eigenvalue weighted by Crippen LogP contribution is 2.21. The van der Waals surface area contributed by atoms with Crippen molar-refractivity contribution in [3.05, 3.63) is 60.8 Å². The quantitative estimate of drug-likeness (QED) is 0.487. The molecule has 0 saturated heterocycles. The molecule has 0 spiro atoms. The van der Waals surface area contributed by atoms with Gasteiger partial charge < -0.3 is 0 Å². The lowest BCUT2D eigenvalue weighted by atomic mass is 10.0. The lowest BCUT2D eigenvalue weighted by molar-refractivity contribution is 1.04. The summed E-state index contributed by atoms with van der Waals surface area (Å²) in [7, 11) is 2.80. The Hall–Kier alpha value is -0.870. The maximum Gasteiger partial charge on any atom is -0.00477 e. The third-order valence-corrected chi connectivity index (χ3v) is 2.43. The molecule has 0 aliphatic heterocycles. The van der Waals surface area contributed by atoms with Crippen LogP contribution in [0.25, 0.3) is 0 Å². The Labute approximate surface area is 96.4 Å². The van der Waals surface area contributed by atoms with Crippen molar-refractivity contribution in [2.75, 3.05) is 0 Å². The summed E-state index contributed by atoms with van der Waals surface area (Å²) in [6.07, 6.45) is 13.3. The maximum atomic E-state index is 3.98. The van der Waals surface area contributed by atoms with Gasteiger partial charge in [-0.2, -0.15) is 0 Å². The minimum absolute atomic E-state index is 0.583. The van der Waals surface area contributed by atoms with Crippen molar-refractivity contribution in [1.29, 1.82) is 0 Å². The first kappa shape index (κ1) is 14.1. The van der Waals surface area contributed by atoms with Crippen molar-refractivity contribution < 1.29 is 0 Å².